The summed E-state index contributed by atoms with van der Waals surface area (Å²) in [4.78, 5) is 25.7. The maximum absolute atomic E-state index is 12.4. The Bertz CT molecular complexity index is 801. The quantitative estimate of drug-likeness (QED) is 0.696. The molecule has 26 heavy (non-hydrogen) atoms. The highest BCUT2D eigenvalue weighted by Crippen LogP contribution is 2.26. The van der Waals surface area contributed by atoms with Crippen molar-refractivity contribution >= 4 is 33.4 Å². The van der Waals surface area contributed by atoms with E-state index in [-0.39, 0.29) is 11.8 Å². The molecule has 0 radical (unpaired) electrons. The molecule has 136 valence electrons. The lowest BCUT2D eigenvalue weighted by atomic mass is 10.1. The summed E-state index contributed by atoms with van der Waals surface area (Å²) in [5.74, 6) is 0.458. The number of likely N-dealkylation sites (N-methyl/N-ethyl adjacent to an activating group) is 1. The van der Waals surface area contributed by atoms with Crippen LogP contribution in [0.1, 0.15) is 15.9 Å². The summed E-state index contributed by atoms with van der Waals surface area (Å²) in [5.41, 5.74) is 2.07. The fraction of sp³-hybridized carbons (Fsp3) is 0.200. The van der Waals surface area contributed by atoms with Crippen LogP contribution in [0.5, 0.6) is 5.75 Å². The van der Waals surface area contributed by atoms with E-state index in [2.05, 4.69) is 27.8 Å². The molecule has 0 unspecified atom stereocenters. The Balaban J connectivity index is 2.02. The van der Waals surface area contributed by atoms with Gasteiger partial charge in [0.25, 0.3) is 5.91 Å². The number of amides is 2. The number of carbonyl (C=O) groups is 2. The maximum Gasteiger partial charge on any atom is 0.255 e. The van der Waals surface area contributed by atoms with Crippen LogP contribution in [0.3, 0.4) is 0 Å². The van der Waals surface area contributed by atoms with E-state index >= 15 is 0 Å². The third-order valence-corrected chi connectivity index (χ3v) is 4.24. The van der Waals surface area contributed by atoms with E-state index in [0.717, 1.165) is 5.56 Å². The average molecular weight is 417 g/mol. The lowest BCUT2D eigenvalue weighted by molar-refractivity contribution is -0.127. The van der Waals surface area contributed by atoms with E-state index in [1.807, 2.05) is 12.1 Å². The predicted molar refractivity (Wildman–Crippen MR) is 107 cm³/mol. The van der Waals surface area contributed by atoms with Crippen molar-refractivity contribution < 1.29 is 14.3 Å². The van der Waals surface area contributed by atoms with E-state index < -0.39 is 0 Å². The van der Waals surface area contributed by atoms with Crippen LogP contribution in [0.25, 0.3) is 0 Å². The first-order chi connectivity index (χ1) is 12.4. The summed E-state index contributed by atoms with van der Waals surface area (Å²) in [6.45, 7) is 4.00. The number of benzene rings is 2. The number of ether oxygens (including phenoxy) is 1. The van der Waals surface area contributed by atoms with Crippen molar-refractivity contribution in [1.29, 1.82) is 0 Å². The molecule has 2 aromatic carbocycles. The largest absolute Gasteiger partial charge is 0.488 e. The lowest BCUT2D eigenvalue weighted by Crippen LogP contribution is -2.23. The second-order valence-corrected chi connectivity index (χ2v) is 6.72. The zero-order chi connectivity index (χ0) is 19.1. The molecule has 0 fully saturated rings. The molecule has 6 heteroatoms. The van der Waals surface area contributed by atoms with Crippen molar-refractivity contribution in [2.24, 2.45) is 0 Å². The zero-order valence-electron chi connectivity index (χ0n) is 14.8. The number of nitrogens with one attached hydrogen (secondary N) is 1. The van der Waals surface area contributed by atoms with Crippen LogP contribution in [-0.2, 0) is 11.2 Å². The molecule has 0 bridgehead atoms. The Labute approximate surface area is 161 Å². The van der Waals surface area contributed by atoms with Crippen LogP contribution < -0.4 is 10.1 Å². The van der Waals surface area contributed by atoms with Crippen molar-refractivity contribution in [1.82, 2.24) is 4.90 Å². The van der Waals surface area contributed by atoms with Gasteiger partial charge in [-0.3, -0.25) is 9.59 Å². The van der Waals surface area contributed by atoms with Gasteiger partial charge in [-0.2, -0.15) is 0 Å². The minimum Gasteiger partial charge on any atom is -0.488 e. The Hall–Kier alpha value is -2.60. The third-order valence-electron chi connectivity index (χ3n) is 3.62. The topological polar surface area (TPSA) is 58.6 Å². The number of nitrogens with zero attached hydrogens (tertiary/aromatic N) is 1. The monoisotopic (exact) mass is 416 g/mol. The van der Waals surface area contributed by atoms with E-state index in [1.54, 1.807) is 55.4 Å². The first kappa shape index (κ1) is 19.7. The molecular weight excluding hydrogens is 396 g/mol. The summed E-state index contributed by atoms with van der Waals surface area (Å²) in [6, 6.07) is 12.4. The highest BCUT2D eigenvalue weighted by atomic mass is 79.9. The molecule has 0 aliphatic rings. The van der Waals surface area contributed by atoms with Gasteiger partial charge in [0.2, 0.25) is 5.91 Å². The summed E-state index contributed by atoms with van der Waals surface area (Å²) in [6.07, 6.45) is 1.99. The predicted octanol–water partition coefficient (Wildman–Crippen LogP) is 3.90. The Morgan fingerprint density at radius 2 is 1.88 bits per heavy atom. The van der Waals surface area contributed by atoms with Crippen LogP contribution >= 0.6 is 15.9 Å². The van der Waals surface area contributed by atoms with Gasteiger partial charge in [0.15, 0.2) is 0 Å². The molecule has 2 rings (SSSR count). The maximum atomic E-state index is 12.4. The first-order valence-electron chi connectivity index (χ1n) is 8.04. The highest BCUT2D eigenvalue weighted by molar-refractivity contribution is 9.10. The molecule has 0 spiro atoms. The van der Waals surface area contributed by atoms with E-state index in [1.165, 1.54) is 0 Å². The van der Waals surface area contributed by atoms with E-state index in [9.17, 15) is 9.59 Å². The third kappa shape index (κ3) is 5.46. The second-order valence-electron chi connectivity index (χ2n) is 5.86. The van der Waals surface area contributed by atoms with Crippen molar-refractivity contribution in [3.05, 3.63) is 70.7 Å². The van der Waals surface area contributed by atoms with Crippen molar-refractivity contribution in [2.75, 3.05) is 26.0 Å². The van der Waals surface area contributed by atoms with Gasteiger partial charge in [0.05, 0.1) is 10.9 Å². The Morgan fingerprint density at radius 1 is 1.19 bits per heavy atom. The van der Waals surface area contributed by atoms with Gasteiger partial charge in [-0.05, 0) is 51.8 Å². The molecule has 0 atom stereocenters. The summed E-state index contributed by atoms with van der Waals surface area (Å²) in [7, 11) is 3.45. The number of hydrogen-bond acceptors (Lipinski definition) is 3. The van der Waals surface area contributed by atoms with Gasteiger partial charge in [0.1, 0.15) is 12.4 Å². The summed E-state index contributed by atoms with van der Waals surface area (Å²) in [5, 5.41) is 2.84. The van der Waals surface area contributed by atoms with Gasteiger partial charge >= 0.3 is 0 Å². The number of anilines is 1. The van der Waals surface area contributed by atoms with Gasteiger partial charge in [-0.25, -0.2) is 0 Å². The smallest absolute Gasteiger partial charge is 0.255 e. The number of rotatable bonds is 7. The van der Waals surface area contributed by atoms with Gasteiger partial charge in [0, 0.05) is 25.3 Å². The average Bonchev–Trinajstić information content (AvgIpc) is 2.62. The molecular formula is C20H21BrN2O3. The van der Waals surface area contributed by atoms with Crippen LogP contribution in [0.15, 0.2) is 59.6 Å². The highest BCUT2D eigenvalue weighted by Gasteiger charge is 2.10. The zero-order valence-corrected chi connectivity index (χ0v) is 16.4. The summed E-state index contributed by atoms with van der Waals surface area (Å²) >= 11 is 3.40. The van der Waals surface area contributed by atoms with Gasteiger partial charge < -0.3 is 15.0 Å². The molecule has 5 nitrogen and oxygen atoms in total. The van der Waals surface area contributed by atoms with E-state index in [0.29, 0.717) is 34.5 Å². The second kappa shape index (κ2) is 9.20. The molecule has 2 aromatic rings. The van der Waals surface area contributed by atoms with Crippen molar-refractivity contribution in [3.8, 4) is 5.75 Å². The van der Waals surface area contributed by atoms with Crippen molar-refractivity contribution in [2.45, 2.75) is 6.42 Å². The van der Waals surface area contributed by atoms with Crippen LogP contribution in [0.2, 0.25) is 0 Å². The van der Waals surface area contributed by atoms with Crippen LogP contribution in [-0.4, -0.2) is 37.4 Å². The molecule has 0 aliphatic carbocycles. The fourth-order valence-electron chi connectivity index (χ4n) is 2.15. The molecule has 0 aliphatic heterocycles. The molecule has 0 saturated carbocycles. The SMILES string of the molecule is C=CCOc1ccc(C(=O)Nc2ccc(CC(=O)N(C)C)cc2)cc1Br. The molecule has 2 amide bonds. The Morgan fingerprint density at radius 3 is 2.46 bits per heavy atom. The molecule has 0 heterocycles. The van der Waals surface area contributed by atoms with Crippen molar-refractivity contribution in [3.63, 3.8) is 0 Å². The van der Waals surface area contributed by atoms with Crippen LogP contribution in [0, 0.1) is 0 Å². The first-order valence-corrected chi connectivity index (χ1v) is 8.83. The minimum absolute atomic E-state index is 0.0328. The van der Waals surface area contributed by atoms with Gasteiger partial charge in [-0.15, -0.1) is 0 Å². The standard InChI is InChI=1S/C20H21BrN2O3/c1-4-11-26-18-10-7-15(13-17(18)21)20(25)22-16-8-5-14(6-9-16)12-19(24)23(2)3/h4-10,13H,1,11-12H2,2-3H3,(H,22,25). The van der Waals surface area contributed by atoms with Crippen LogP contribution in [0.4, 0.5) is 5.69 Å². The molecule has 0 aromatic heterocycles. The number of carbonyl (C=O) groups excluding carboxylic acids is 2. The number of hydrogen-bond donors (Lipinski definition) is 1. The normalized spacial score (nSPS) is 10.1. The minimum atomic E-state index is -0.224. The van der Waals surface area contributed by atoms with Gasteiger partial charge in [-0.1, -0.05) is 24.8 Å². The van der Waals surface area contributed by atoms with E-state index in [4.69, 9.17) is 4.74 Å². The fourth-order valence-corrected chi connectivity index (χ4v) is 2.64. The molecule has 1 N–H and O–H groups in total. The lowest BCUT2D eigenvalue weighted by Gasteiger charge is -2.11. The summed E-state index contributed by atoms with van der Waals surface area (Å²) < 4.78 is 6.17. The number of halogens is 1. The Kier molecular flexibility index (Phi) is 6.97. The molecule has 0 saturated heterocycles.